The van der Waals surface area contributed by atoms with Crippen molar-refractivity contribution in [3.63, 3.8) is 0 Å². The Morgan fingerprint density at radius 2 is 1.64 bits per heavy atom. The number of pyridine rings is 1. The highest BCUT2D eigenvalue weighted by Gasteiger charge is 2.33. The Bertz CT molecular complexity index is 1170. The molecule has 33 heavy (non-hydrogen) atoms. The maximum atomic E-state index is 13.3. The second-order valence-corrected chi connectivity index (χ2v) is 7.94. The Morgan fingerprint density at radius 3 is 2.39 bits per heavy atom. The highest BCUT2D eigenvalue weighted by atomic mass is 16.5. The number of fused-ring (bicyclic) bond motifs is 1. The summed E-state index contributed by atoms with van der Waals surface area (Å²) in [7, 11) is 0. The van der Waals surface area contributed by atoms with Crippen molar-refractivity contribution in [1.82, 2.24) is 9.88 Å². The Kier molecular flexibility index (Phi) is 5.76. The molecule has 0 bridgehead atoms. The lowest BCUT2D eigenvalue weighted by Crippen LogP contribution is -2.52. The number of carbonyl (C=O) groups is 2. The van der Waals surface area contributed by atoms with Crippen LogP contribution >= 0.6 is 0 Å². The van der Waals surface area contributed by atoms with E-state index < -0.39 is 0 Å². The SMILES string of the molecule is O=C(CN1C(=O)/C(=C\c2ccccc2)Oc2ccccc21)N1CCN(c2ccccn2)CC1. The van der Waals surface area contributed by atoms with E-state index in [2.05, 4.69) is 9.88 Å². The number of anilines is 2. The number of hydrogen-bond acceptors (Lipinski definition) is 5. The number of para-hydroxylation sites is 2. The molecule has 1 fully saturated rings. The van der Waals surface area contributed by atoms with Crippen molar-refractivity contribution in [2.75, 3.05) is 42.5 Å². The van der Waals surface area contributed by atoms with Gasteiger partial charge in [0.15, 0.2) is 11.5 Å². The molecule has 1 aromatic heterocycles. The summed E-state index contributed by atoms with van der Waals surface area (Å²) in [6.07, 6.45) is 3.48. The van der Waals surface area contributed by atoms with Crippen LogP contribution in [-0.4, -0.2) is 54.4 Å². The molecule has 5 rings (SSSR count). The minimum Gasteiger partial charge on any atom is -0.449 e. The lowest BCUT2D eigenvalue weighted by Gasteiger charge is -2.37. The standard InChI is InChI=1S/C26H24N4O3/c31-25(29-16-14-28(15-17-29)24-12-6-7-13-27-24)19-30-21-10-4-5-11-22(21)33-23(26(30)32)18-20-8-2-1-3-9-20/h1-13,18H,14-17,19H2/b23-18+. The van der Waals surface area contributed by atoms with Crippen LogP contribution in [0.5, 0.6) is 5.75 Å². The van der Waals surface area contributed by atoms with Crippen LogP contribution in [0.1, 0.15) is 5.56 Å². The average Bonchev–Trinajstić information content (AvgIpc) is 2.87. The molecule has 1 saturated heterocycles. The van der Waals surface area contributed by atoms with E-state index in [0.717, 1.165) is 11.4 Å². The fraction of sp³-hybridized carbons (Fsp3) is 0.192. The van der Waals surface area contributed by atoms with Crippen LogP contribution in [0.15, 0.2) is 84.8 Å². The highest BCUT2D eigenvalue weighted by Crippen LogP contribution is 2.35. The van der Waals surface area contributed by atoms with Crippen molar-refractivity contribution >= 4 is 29.4 Å². The van der Waals surface area contributed by atoms with Gasteiger partial charge in [0, 0.05) is 32.4 Å². The molecule has 0 spiro atoms. The van der Waals surface area contributed by atoms with Gasteiger partial charge < -0.3 is 14.5 Å². The molecular weight excluding hydrogens is 416 g/mol. The maximum Gasteiger partial charge on any atom is 0.294 e. The van der Waals surface area contributed by atoms with Gasteiger partial charge in [0.1, 0.15) is 12.4 Å². The third kappa shape index (κ3) is 4.43. The quantitative estimate of drug-likeness (QED) is 0.583. The Labute approximate surface area is 192 Å². The van der Waals surface area contributed by atoms with E-state index in [4.69, 9.17) is 4.74 Å². The number of nitrogens with zero attached hydrogens (tertiary/aromatic N) is 4. The molecular formula is C26H24N4O3. The van der Waals surface area contributed by atoms with E-state index in [1.807, 2.05) is 71.6 Å². The average molecular weight is 441 g/mol. The molecule has 3 heterocycles. The molecule has 7 heteroatoms. The summed E-state index contributed by atoms with van der Waals surface area (Å²) >= 11 is 0. The van der Waals surface area contributed by atoms with Gasteiger partial charge in [0.25, 0.3) is 5.91 Å². The first-order chi connectivity index (χ1) is 16.2. The van der Waals surface area contributed by atoms with Gasteiger partial charge in [0.2, 0.25) is 5.91 Å². The third-order valence-corrected chi connectivity index (χ3v) is 5.83. The molecule has 0 aliphatic carbocycles. The van der Waals surface area contributed by atoms with Crippen LogP contribution in [0, 0.1) is 0 Å². The molecule has 166 valence electrons. The minimum atomic E-state index is -0.321. The topological polar surface area (TPSA) is 66.0 Å². The zero-order valence-electron chi connectivity index (χ0n) is 18.1. The summed E-state index contributed by atoms with van der Waals surface area (Å²) in [6.45, 7) is 2.55. The molecule has 0 radical (unpaired) electrons. The number of amides is 2. The van der Waals surface area contributed by atoms with Crippen LogP contribution in [0.3, 0.4) is 0 Å². The molecule has 0 N–H and O–H groups in total. The molecule has 2 amide bonds. The molecule has 0 atom stereocenters. The normalized spacial score (nSPS) is 17.0. The van der Waals surface area contributed by atoms with Gasteiger partial charge in [0.05, 0.1) is 5.69 Å². The van der Waals surface area contributed by atoms with Crippen molar-refractivity contribution in [1.29, 1.82) is 0 Å². The van der Waals surface area contributed by atoms with Crippen LogP contribution in [-0.2, 0) is 9.59 Å². The number of aromatic nitrogens is 1. The number of ether oxygens (including phenoxy) is 1. The van der Waals surface area contributed by atoms with Crippen LogP contribution < -0.4 is 14.5 Å². The second-order valence-electron chi connectivity index (χ2n) is 7.94. The number of piperazine rings is 1. The van der Waals surface area contributed by atoms with E-state index in [0.29, 0.717) is 37.6 Å². The Balaban J connectivity index is 1.32. The van der Waals surface area contributed by atoms with Crippen molar-refractivity contribution in [2.45, 2.75) is 0 Å². The Hall–Kier alpha value is -4.13. The van der Waals surface area contributed by atoms with Crippen LogP contribution in [0.2, 0.25) is 0 Å². The number of carbonyl (C=O) groups excluding carboxylic acids is 2. The number of benzene rings is 2. The van der Waals surface area contributed by atoms with Gasteiger partial charge in [-0.05, 0) is 35.9 Å². The summed E-state index contributed by atoms with van der Waals surface area (Å²) in [6, 6.07) is 22.7. The van der Waals surface area contributed by atoms with Gasteiger partial charge in [-0.15, -0.1) is 0 Å². The van der Waals surface area contributed by atoms with E-state index in [9.17, 15) is 9.59 Å². The van der Waals surface area contributed by atoms with Gasteiger partial charge >= 0.3 is 0 Å². The number of hydrogen-bond donors (Lipinski definition) is 0. The van der Waals surface area contributed by atoms with Crippen molar-refractivity contribution in [3.8, 4) is 5.75 Å². The van der Waals surface area contributed by atoms with Gasteiger partial charge in [-0.3, -0.25) is 14.5 Å². The molecule has 2 aliphatic heterocycles. The fourth-order valence-corrected chi connectivity index (χ4v) is 4.08. The lowest BCUT2D eigenvalue weighted by molar-refractivity contribution is -0.131. The predicted octanol–water partition coefficient (Wildman–Crippen LogP) is 3.20. The van der Waals surface area contributed by atoms with Crippen LogP contribution in [0.4, 0.5) is 11.5 Å². The molecule has 0 saturated carbocycles. The summed E-state index contributed by atoms with van der Waals surface area (Å²) in [5.41, 5.74) is 1.46. The zero-order chi connectivity index (χ0) is 22.6. The van der Waals surface area contributed by atoms with E-state index in [-0.39, 0.29) is 24.1 Å². The van der Waals surface area contributed by atoms with Crippen molar-refractivity contribution in [3.05, 3.63) is 90.3 Å². The fourth-order valence-electron chi connectivity index (χ4n) is 4.08. The molecule has 7 nitrogen and oxygen atoms in total. The molecule has 0 unspecified atom stereocenters. The predicted molar refractivity (Wildman–Crippen MR) is 127 cm³/mol. The molecule has 2 aliphatic rings. The first-order valence-corrected chi connectivity index (χ1v) is 11.0. The summed E-state index contributed by atoms with van der Waals surface area (Å²) in [5.74, 6) is 1.27. The lowest BCUT2D eigenvalue weighted by atomic mass is 10.1. The summed E-state index contributed by atoms with van der Waals surface area (Å²) in [4.78, 5) is 36.3. The summed E-state index contributed by atoms with van der Waals surface area (Å²) < 4.78 is 5.90. The smallest absolute Gasteiger partial charge is 0.294 e. The van der Waals surface area contributed by atoms with Gasteiger partial charge in [-0.2, -0.15) is 0 Å². The largest absolute Gasteiger partial charge is 0.449 e. The van der Waals surface area contributed by atoms with Crippen molar-refractivity contribution in [2.24, 2.45) is 0 Å². The minimum absolute atomic E-state index is 0.0328. The molecule has 3 aromatic rings. The van der Waals surface area contributed by atoms with Crippen LogP contribution in [0.25, 0.3) is 6.08 Å². The van der Waals surface area contributed by atoms with Gasteiger partial charge in [-0.1, -0.05) is 48.5 Å². The highest BCUT2D eigenvalue weighted by molar-refractivity contribution is 6.12. The second kappa shape index (κ2) is 9.16. The van der Waals surface area contributed by atoms with E-state index >= 15 is 0 Å². The monoisotopic (exact) mass is 440 g/mol. The first kappa shape index (κ1) is 20.8. The van der Waals surface area contributed by atoms with Gasteiger partial charge in [-0.25, -0.2) is 4.98 Å². The zero-order valence-corrected chi connectivity index (χ0v) is 18.1. The van der Waals surface area contributed by atoms with E-state index in [1.54, 1.807) is 18.3 Å². The summed E-state index contributed by atoms with van der Waals surface area (Å²) in [5, 5.41) is 0. The Morgan fingerprint density at radius 1 is 0.909 bits per heavy atom. The van der Waals surface area contributed by atoms with E-state index in [1.165, 1.54) is 4.90 Å². The first-order valence-electron chi connectivity index (χ1n) is 11.0. The third-order valence-electron chi connectivity index (χ3n) is 5.83. The number of rotatable bonds is 4. The van der Waals surface area contributed by atoms with Crippen molar-refractivity contribution < 1.29 is 14.3 Å². The molecule has 2 aromatic carbocycles. The maximum absolute atomic E-state index is 13.3.